The molecule has 0 saturated heterocycles. The van der Waals surface area contributed by atoms with Crippen LogP contribution >= 0.6 is 0 Å². The van der Waals surface area contributed by atoms with Crippen LogP contribution in [0.1, 0.15) is 104 Å². The Morgan fingerprint density at radius 3 is 2.17 bits per heavy atom. The summed E-state index contributed by atoms with van der Waals surface area (Å²) >= 11 is 0. The zero-order chi connectivity index (χ0) is 16.9. The maximum Gasteiger partial charge on any atom is 0.0591 e. The standard InChI is InChI=1S/C21H40O2/c1-20(2,23)12-5-4-6-17-7-8-18(16-17)9-13-21(3)14-10-19(22)11-15-21/h17-19,22-23H,4-16H2,1-3H3/t17-,18-,19?,21?/m1/s1. The molecule has 0 aromatic carbocycles. The Bertz CT molecular complexity index is 336. The minimum atomic E-state index is -0.485. The highest BCUT2D eigenvalue weighted by Crippen LogP contribution is 2.44. The van der Waals surface area contributed by atoms with E-state index in [9.17, 15) is 10.2 Å². The van der Waals surface area contributed by atoms with Crippen LogP contribution in [0.5, 0.6) is 0 Å². The summed E-state index contributed by atoms with van der Waals surface area (Å²) in [6, 6.07) is 0. The topological polar surface area (TPSA) is 40.5 Å². The van der Waals surface area contributed by atoms with Crippen LogP contribution in [0.15, 0.2) is 0 Å². The molecule has 2 aliphatic carbocycles. The molecule has 2 fully saturated rings. The van der Waals surface area contributed by atoms with Gasteiger partial charge < -0.3 is 10.2 Å². The number of unbranched alkanes of at least 4 members (excludes halogenated alkanes) is 1. The van der Waals surface area contributed by atoms with Crippen molar-refractivity contribution >= 4 is 0 Å². The molecule has 0 heterocycles. The molecule has 0 aromatic heterocycles. The largest absolute Gasteiger partial charge is 0.393 e. The molecular formula is C21H40O2. The molecule has 0 unspecified atom stereocenters. The van der Waals surface area contributed by atoms with Crippen LogP contribution in [0, 0.1) is 17.3 Å². The van der Waals surface area contributed by atoms with E-state index in [1.807, 2.05) is 13.8 Å². The fourth-order valence-electron chi connectivity index (χ4n) is 4.80. The second-order valence-corrected chi connectivity index (χ2v) is 9.68. The first kappa shape index (κ1) is 19.2. The third kappa shape index (κ3) is 7.13. The van der Waals surface area contributed by atoms with Crippen LogP contribution in [-0.2, 0) is 0 Å². The third-order valence-corrected chi connectivity index (χ3v) is 6.62. The summed E-state index contributed by atoms with van der Waals surface area (Å²) in [5.74, 6) is 1.90. The lowest BCUT2D eigenvalue weighted by Crippen LogP contribution is -2.27. The number of hydrogen-bond acceptors (Lipinski definition) is 2. The molecule has 2 N–H and O–H groups in total. The molecule has 2 aliphatic rings. The summed E-state index contributed by atoms with van der Waals surface area (Å²) in [6.45, 7) is 6.29. The summed E-state index contributed by atoms with van der Waals surface area (Å²) in [7, 11) is 0. The van der Waals surface area contributed by atoms with Gasteiger partial charge in [0.1, 0.15) is 0 Å². The van der Waals surface area contributed by atoms with Gasteiger partial charge in [0.2, 0.25) is 0 Å². The van der Waals surface area contributed by atoms with Crippen LogP contribution in [0.3, 0.4) is 0 Å². The van der Waals surface area contributed by atoms with E-state index >= 15 is 0 Å². The Morgan fingerprint density at radius 2 is 1.57 bits per heavy atom. The van der Waals surface area contributed by atoms with E-state index in [1.54, 1.807) is 0 Å². The first-order valence-electron chi connectivity index (χ1n) is 10.2. The van der Waals surface area contributed by atoms with Gasteiger partial charge in [-0.3, -0.25) is 0 Å². The Balaban J connectivity index is 1.58. The fraction of sp³-hybridized carbons (Fsp3) is 1.00. The molecule has 0 spiro atoms. The van der Waals surface area contributed by atoms with Crippen molar-refractivity contribution in [1.29, 1.82) is 0 Å². The Hall–Kier alpha value is -0.0800. The van der Waals surface area contributed by atoms with E-state index in [1.165, 1.54) is 64.2 Å². The van der Waals surface area contributed by atoms with Crippen molar-refractivity contribution in [2.24, 2.45) is 17.3 Å². The highest BCUT2D eigenvalue weighted by molar-refractivity contribution is 4.84. The lowest BCUT2D eigenvalue weighted by Gasteiger charge is -2.36. The monoisotopic (exact) mass is 324 g/mol. The minimum Gasteiger partial charge on any atom is -0.393 e. The smallest absolute Gasteiger partial charge is 0.0591 e. The second-order valence-electron chi connectivity index (χ2n) is 9.68. The van der Waals surface area contributed by atoms with Gasteiger partial charge in [0, 0.05) is 0 Å². The number of hydrogen-bond donors (Lipinski definition) is 2. The average Bonchev–Trinajstić information content (AvgIpc) is 2.92. The van der Waals surface area contributed by atoms with Gasteiger partial charge in [-0.2, -0.15) is 0 Å². The molecule has 2 saturated carbocycles. The molecule has 0 bridgehead atoms. The first-order valence-corrected chi connectivity index (χ1v) is 10.2. The average molecular weight is 325 g/mol. The molecule has 0 aromatic rings. The molecule has 0 aliphatic heterocycles. The van der Waals surface area contributed by atoms with Crippen LogP contribution in [0.25, 0.3) is 0 Å². The van der Waals surface area contributed by atoms with Crippen molar-refractivity contribution in [3.05, 3.63) is 0 Å². The first-order chi connectivity index (χ1) is 10.8. The normalized spacial score (nSPS) is 35.6. The van der Waals surface area contributed by atoms with Crippen molar-refractivity contribution in [2.45, 2.75) is 116 Å². The van der Waals surface area contributed by atoms with Gasteiger partial charge in [0.25, 0.3) is 0 Å². The quantitative estimate of drug-likeness (QED) is 0.582. The van der Waals surface area contributed by atoms with Gasteiger partial charge in [-0.15, -0.1) is 0 Å². The van der Waals surface area contributed by atoms with Crippen LogP contribution in [0.2, 0.25) is 0 Å². The molecule has 23 heavy (non-hydrogen) atoms. The molecule has 0 amide bonds. The molecule has 2 rings (SSSR count). The number of rotatable bonds is 8. The van der Waals surface area contributed by atoms with E-state index in [2.05, 4.69) is 6.92 Å². The van der Waals surface area contributed by atoms with Crippen molar-refractivity contribution in [1.82, 2.24) is 0 Å². The zero-order valence-corrected chi connectivity index (χ0v) is 15.8. The fourth-order valence-corrected chi connectivity index (χ4v) is 4.80. The van der Waals surface area contributed by atoms with Crippen LogP contribution < -0.4 is 0 Å². The zero-order valence-electron chi connectivity index (χ0n) is 15.8. The Labute approximate surface area is 144 Å². The lowest BCUT2D eigenvalue weighted by atomic mass is 9.71. The Kier molecular flexibility index (Phi) is 6.98. The number of aliphatic hydroxyl groups is 2. The predicted octanol–water partition coefficient (Wildman–Crippen LogP) is 5.46. The maximum absolute atomic E-state index is 9.77. The summed E-state index contributed by atoms with van der Waals surface area (Å²) in [4.78, 5) is 0. The molecule has 0 radical (unpaired) electrons. The van der Waals surface area contributed by atoms with E-state index in [-0.39, 0.29) is 6.10 Å². The van der Waals surface area contributed by atoms with Gasteiger partial charge in [-0.25, -0.2) is 0 Å². The minimum absolute atomic E-state index is 0.0252. The van der Waals surface area contributed by atoms with Crippen molar-refractivity contribution in [3.63, 3.8) is 0 Å². The SMILES string of the molecule is CC(C)(O)CCCC[C@@H]1CC[C@H](CCC2(C)CCC(O)CC2)C1. The van der Waals surface area contributed by atoms with Gasteiger partial charge in [0.05, 0.1) is 11.7 Å². The Morgan fingerprint density at radius 1 is 0.957 bits per heavy atom. The summed E-state index contributed by atoms with van der Waals surface area (Å²) in [5.41, 5.74) is 0.0191. The molecule has 136 valence electrons. The molecular weight excluding hydrogens is 284 g/mol. The van der Waals surface area contributed by atoms with Crippen molar-refractivity contribution in [2.75, 3.05) is 0 Å². The van der Waals surface area contributed by atoms with Gasteiger partial charge in [-0.1, -0.05) is 39.0 Å². The predicted molar refractivity (Wildman–Crippen MR) is 97.4 cm³/mol. The second kappa shape index (κ2) is 8.34. The van der Waals surface area contributed by atoms with Crippen LogP contribution in [0.4, 0.5) is 0 Å². The van der Waals surface area contributed by atoms with Gasteiger partial charge >= 0.3 is 0 Å². The molecule has 2 atom stereocenters. The van der Waals surface area contributed by atoms with E-state index < -0.39 is 5.60 Å². The summed E-state index contributed by atoms with van der Waals surface area (Å²) in [6.07, 6.45) is 16.3. The summed E-state index contributed by atoms with van der Waals surface area (Å²) in [5, 5.41) is 19.5. The van der Waals surface area contributed by atoms with E-state index in [0.717, 1.165) is 31.1 Å². The van der Waals surface area contributed by atoms with Gasteiger partial charge in [-0.05, 0) is 82.5 Å². The highest BCUT2D eigenvalue weighted by Gasteiger charge is 2.32. The van der Waals surface area contributed by atoms with Crippen molar-refractivity contribution < 1.29 is 10.2 Å². The number of aliphatic hydroxyl groups excluding tert-OH is 1. The lowest BCUT2D eigenvalue weighted by molar-refractivity contribution is 0.0634. The molecule has 2 nitrogen and oxygen atoms in total. The molecule has 2 heteroatoms. The van der Waals surface area contributed by atoms with Gasteiger partial charge in [0.15, 0.2) is 0 Å². The highest BCUT2D eigenvalue weighted by atomic mass is 16.3. The van der Waals surface area contributed by atoms with E-state index in [4.69, 9.17) is 0 Å². The van der Waals surface area contributed by atoms with E-state index in [0.29, 0.717) is 5.41 Å². The third-order valence-electron chi connectivity index (χ3n) is 6.62. The summed E-state index contributed by atoms with van der Waals surface area (Å²) < 4.78 is 0. The van der Waals surface area contributed by atoms with Crippen molar-refractivity contribution in [3.8, 4) is 0 Å². The van der Waals surface area contributed by atoms with Crippen LogP contribution in [-0.4, -0.2) is 21.9 Å². The maximum atomic E-state index is 9.77.